The van der Waals surface area contributed by atoms with E-state index in [2.05, 4.69) is 9.98 Å². The summed E-state index contributed by atoms with van der Waals surface area (Å²) >= 11 is 0. The highest BCUT2D eigenvalue weighted by Gasteiger charge is 2.15. The minimum absolute atomic E-state index is 0. The second-order valence-electron chi connectivity index (χ2n) is 4.17. The SMILES string of the molecule is I.NC(N)=NCc1ccnc(OC2CCOCC2)c1. The van der Waals surface area contributed by atoms with Gasteiger partial charge >= 0.3 is 0 Å². The largest absolute Gasteiger partial charge is 0.474 e. The van der Waals surface area contributed by atoms with Gasteiger partial charge in [-0.15, -0.1) is 24.0 Å². The number of ether oxygens (including phenoxy) is 2. The van der Waals surface area contributed by atoms with Gasteiger partial charge in [0.1, 0.15) is 6.10 Å². The van der Waals surface area contributed by atoms with Crippen molar-refractivity contribution >= 4 is 29.9 Å². The minimum Gasteiger partial charge on any atom is -0.474 e. The Balaban J connectivity index is 0.00000180. The Bertz CT molecular complexity index is 418. The standard InChI is InChI=1S/C12H18N4O2.HI/c13-12(14)16-8-9-1-4-15-11(7-9)18-10-2-5-17-6-3-10;/h1,4,7,10H,2-3,5-6,8H2,(H4,13,14,16);1H. The molecule has 1 aliphatic rings. The summed E-state index contributed by atoms with van der Waals surface area (Å²) in [6.07, 6.45) is 3.69. The predicted molar refractivity (Wildman–Crippen MR) is 83.6 cm³/mol. The van der Waals surface area contributed by atoms with Gasteiger partial charge in [0.05, 0.1) is 19.8 Å². The molecule has 106 valence electrons. The Morgan fingerprint density at radius 1 is 1.42 bits per heavy atom. The number of hydrogen-bond acceptors (Lipinski definition) is 4. The highest BCUT2D eigenvalue weighted by Crippen LogP contribution is 2.17. The van der Waals surface area contributed by atoms with Crippen LogP contribution in [0, 0.1) is 0 Å². The first-order chi connectivity index (χ1) is 8.74. The topological polar surface area (TPSA) is 95.8 Å². The first-order valence-corrected chi connectivity index (χ1v) is 5.99. The van der Waals surface area contributed by atoms with Crippen LogP contribution in [-0.2, 0) is 11.3 Å². The molecule has 1 aromatic heterocycles. The number of rotatable bonds is 4. The Morgan fingerprint density at radius 2 is 2.16 bits per heavy atom. The van der Waals surface area contributed by atoms with E-state index in [4.69, 9.17) is 20.9 Å². The third-order valence-corrected chi connectivity index (χ3v) is 2.70. The maximum absolute atomic E-state index is 5.80. The molecule has 0 aliphatic carbocycles. The molecule has 0 bridgehead atoms. The van der Waals surface area contributed by atoms with Crippen LogP contribution < -0.4 is 16.2 Å². The molecule has 0 amide bonds. The smallest absolute Gasteiger partial charge is 0.213 e. The summed E-state index contributed by atoms with van der Waals surface area (Å²) in [4.78, 5) is 8.14. The highest BCUT2D eigenvalue weighted by molar-refractivity contribution is 14.0. The van der Waals surface area contributed by atoms with E-state index in [9.17, 15) is 0 Å². The van der Waals surface area contributed by atoms with Gasteiger partial charge in [0.25, 0.3) is 0 Å². The number of pyridine rings is 1. The molecule has 4 N–H and O–H groups in total. The Morgan fingerprint density at radius 3 is 2.84 bits per heavy atom. The zero-order valence-electron chi connectivity index (χ0n) is 10.6. The van der Waals surface area contributed by atoms with Gasteiger partial charge in [-0.1, -0.05) is 0 Å². The zero-order chi connectivity index (χ0) is 12.8. The first kappa shape index (κ1) is 16.0. The molecular weight excluding hydrogens is 359 g/mol. The van der Waals surface area contributed by atoms with Gasteiger partial charge in [0, 0.05) is 25.1 Å². The van der Waals surface area contributed by atoms with Crippen molar-refractivity contribution in [3.8, 4) is 5.88 Å². The summed E-state index contributed by atoms with van der Waals surface area (Å²) < 4.78 is 11.1. The van der Waals surface area contributed by atoms with Gasteiger partial charge in [0.2, 0.25) is 5.88 Å². The average Bonchev–Trinajstić information content (AvgIpc) is 2.38. The number of aliphatic imine (C=N–C) groups is 1. The predicted octanol–water partition coefficient (Wildman–Crippen LogP) is 1.03. The Labute approximate surface area is 129 Å². The Hall–Kier alpha value is -1.09. The molecule has 0 unspecified atom stereocenters. The van der Waals surface area contributed by atoms with Crippen molar-refractivity contribution in [1.82, 2.24) is 4.98 Å². The second kappa shape index (κ2) is 8.16. The quantitative estimate of drug-likeness (QED) is 0.464. The molecule has 7 heteroatoms. The monoisotopic (exact) mass is 378 g/mol. The second-order valence-corrected chi connectivity index (χ2v) is 4.17. The summed E-state index contributed by atoms with van der Waals surface area (Å²) in [5.74, 6) is 0.698. The molecule has 19 heavy (non-hydrogen) atoms. The number of halogens is 1. The maximum atomic E-state index is 5.80. The van der Waals surface area contributed by atoms with E-state index in [0.29, 0.717) is 12.4 Å². The van der Waals surface area contributed by atoms with Crippen LogP contribution >= 0.6 is 24.0 Å². The van der Waals surface area contributed by atoms with Gasteiger partial charge in [-0.2, -0.15) is 0 Å². The summed E-state index contributed by atoms with van der Waals surface area (Å²) in [6.45, 7) is 1.94. The lowest BCUT2D eigenvalue weighted by atomic mass is 10.1. The molecule has 0 atom stereocenters. The van der Waals surface area contributed by atoms with E-state index in [0.717, 1.165) is 31.6 Å². The van der Waals surface area contributed by atoms with Crippen LogP contribution in [0.2, 0.25) is 0 Å². The molecule has 1 saturated heterocycles. The summed E-state index contributed by atoms with van der Waals surface area (Å²) in [5.41, 5.74) is 11.6. The fraction of sp³-hybridized carbons (Fsp3) is 0.500. The van der Waals surface area contributed by atoms with Crippen molar-refractivity contribution in [2.24, 2.45) is 16.5 Å². The van der Waals surface area contributed by atoms with Gasteiger partial charge < -0.3 is 20.9 Å². The molecule has 0 saturated carbocycles. The van der Waals surface area contributed by atoms with Gasteiger partial charge in [0.15, 0.2) is 5.96 Å². The Kier molecular flexibility index (Phi) is 6.85. The van der Waals surface area contributed by atoms with Crippen molar-refractivity contribution in [3.05, 3.63) is 23.9 Å². The summed E-state index contributed by atoms with van der Waals surface area (Å²) in [7, 11) is 0. The van der Waals surface area contributed by atoms with E-state index in [1.807, 2.05) is 12.1 Å². The molecule has 0 spiro atoms. The molecular formula is C12H19IN4O2. The zero-order valence-corrected chi connectivity index (χ0v) is 12.9. The number of guanidine groups is 1. The van der Waals surface area contributed by atoms with Crippen LogP contribution in [0.15, 0.2) is 23.3 Å². The summed E-state index contributed by atoms with van der Waals surface area (Å²) in [6, 6.07) is 3.73. The highest BCUT2D eigenvalue weighted by atomic mass is 127. The van der Waals surface area contributed by atoms with E-state index in [-0.39, 0.29) is 36.0 Å². The van der Waals surface area contributed by atoms with Crippen LogP contribution in [0.1, 0.15) is 18.4 Å². The maximum Gasteiger partial charge on any atom is 0.213 e. The number of hydrogen-bond donors (Lipinski definition) is 2. The minimum atomic E-state index is 0. The van der Waals surface area contributed by atoms with Crippen LogP contribution in [0.25, 0.3) is 0 Å². The fourth-order valence-corrected chi connectivity index (χ4v) is 1.76. The van der Waals surface area contributed by atoms with Gasteiger partial charge in [-0.3, -0.25) is 0 Å². The normalized spacial score (nSPS) is 15.4. The number of nitrogens with zero attached hydrogens (tertiary/aromatic N) is 2. The molecule has 1 aromatic rings. The molecule has 0 aromatic carbocycles. The molecule has 0 radical (unpaired) electrons. The molecule has 2 rings (SSSR count). The van der Waals surface area contributed by atoms with Crippen molar-refractivity contribution in [2.45, 2.75) is 25.5 Å². The van der Waals surface area contributed by atoms with Crippen LogP contribution in [0.3, 0.4) is 0 Å². The van der Waals surface area contributed by atoms with Crippen molar-refractivity contribution < 1.29 is 9.47 Å². The van der Waals surface area contributed by atoms with Crippen LogP contribution in [0.5, 0.6) is 5.88 Å². The summed E-state index contributed by atoms with van der Waals surface area (Å²) in [5, 5.41) is 0. The van der Waals surface area contributed by atoms with E-state index < -0.39 is 0 Å². The molecule has 2 heterocycles. The van der Waals surface area contributed by atoms with Gasteiger partial charge in [-0.25, -0.2) is 9.98 Å². The first-order valence-electron chi connectivity index (χ1n) is 5.99. The van der Waals surface area contributed by atoms with Crippen LogP contribution in [-0.4, -0.2) is 30.3 Å². The third kappa shape index (κ3) is 5.60. The van der Waals surface area contributed by atoms with Crippen molar-refractivity contribution in [2.75, 3.05) is 13.2 Å². The average molecular weight is 378 g/mol. The van der Waals surface area contributed by atoms with E-state index >= 15 is 0 Å². The van der Waals surface area contributed by atoms with Gasteiger partial charge in [-0.05, 0) is 11.6 Å². The van der Waals surface area contributed by atoms with Crippen LogP contribution in [0.4, 0.5) is 0 Å². The van der Waals surface area contributed by atoms with E-state index in [1.54, 1.807) is 6.20 Å². The lowest BCUT2D eigenvalue weighted by molar-refractivity contribution is 0.0237. The van der Waals surface area contributed by atoms with Crippen molar-refractivity contribution in [3.63, 3.8) is 0 Å². The lowest BCUT2D eigenvalue weighted by Gasteiger charge is -2.22. The van der Waals surface area contributed by atoms with E-state index in [1.165, 1.54) is 0 Å². The van der Waals surface area contributed by atoms with Crippen molar-refractivity contribution in [1.29, 1.82) is 0 Å². The number of nitrogens with two attached hydrogens (primary N) is 2. The molecule has 1 fully saturated rings. The third-order valence-electron chi connectivity index (χ3n) is 2.70. The number of aromatic nitrogens is 1. The molecule has 1 aliphatic heterocycles. The lowest BCUT2D eigenvalue weighted by Crippen LogP contribution is -2.26. The fourth-order valence-electron chi connectivity index (χ4n) is 1.76. The molecule has 6 nitrogen and oxygen atoms in total.